The van der Waals surface area contributed by atoms with Gasteiger partial charge in [-0.2, -0.15) is 0 Å². The smallest absolute Gasteiger partial charge is 0.312 e. The third-order valence-corrected chi connectivity index (χ3v) is 10.5. The normalized spacial score (nSPS) is 43.0. The van der Waals surface area contributed by atoms with Crippen LogP contribution in [0, 0.1) is 39.9 Å². The van der Waals surface area contributed by atoms with Crippen molar-refractivity contribution in [2.24, 2.45) is 39.9 Å². The van der Waals surface area contributed by atoms with Crippen LogP contribution in [0.3, 0.4) is 0 Å². The Balaban J connectivity index is 2.00. The molecule has 190 valence electrons. The number of fused-ring (bicyclic) bond motifs is 3. The number of esters is 3. The molecule has 0 aromatic rings. The van der Waals surface area contributed by atoms with Crippen LogP contribution in [0.4, 0.5) is 0 Å². The minimum atomic E-state index is -2.00. The molecule has 4 unspecified atom stereocenters. The zero-order chi connectivity index (χ0) is 25.3. The molecule has 0 aromatic carbocycles. The third kappa shape index (κ3) is 3.34. The van der Waals surface area contributed by atoms with E-state index in [4.69, 9.17) is 18.6 Å². The molecule has 0 N–H and O–H groups in total. The Morgan fingerprint density at radius 1 is 0.941 bits per heavy atom. The second kappa shape index (κ2) is 8.19. The average molecular weight is 493 g/mol. The molecule has 4 rings (SSSR count). The molecule has 0 radical (unpaired) electrons. The number of hydrogen-bond acceptors (Lipinski definition) is 7. The summed E-state index contributed by atoms with van der Waals surface area (Å²) in [6.45, 7) is 12.5. The van der Waals surface area contributed by atoms with E-state index in [0.717, 1.165) is 24.8 Å². The van der Waals surface area contributed by atoms with Crippen LogP contribution >= 0.6 is 0 Å². The van der Waals surface area contributed by atoms with Gasteiger partial charge in [-0.05, 0) is 82.3 Å². The van der Waals surface area contributed by atoms with Crippen molar-refractivity contribution in [2.45, 2.75) is 71.2 Å². The largest absolute Gasteiger partial charge is 0.469 e. The van der Waals surface area contributed by atoms with Crippen LogP contribution in [-0.4, -0.2) is 53.7 Å². The molecule has 4 aliphatic rings. The highest BCUT2D eigenvalue weighted by Gasteiger charge is 2.80. The zero-order valence-corrected chi connectivity index (χ0v) is 22.7. The molecule has 1 spiro atoms. The van der Waals surface area contributed by atoms with E-state index in [0.29, 0.717) is 25.2 Å². The standard InChI is InChI=1S/C26H40O7Si/c1-15-11-25-12-16(15)9-10-18(25)26(23(29)32-5)14-17(33-34(6,7)8)13-24(2,22(28)31-4)20(26)19(25)21(27)30-3/h16-20H,1,9-14H2,2-8H3/t16-,17-,18?,19?,20?,24?,25+,26-/m1/s1. The highest BCUT2D eigenvalue weighted by molar-refractivity contribution is 6.69. The van der Waals surface area contributed by atoms with Gasteiger partial charge in [-0.1, -0.05) is 12.2 Å². The van der Waals surface area contributed by atoms with E-state index < -0.39 is 42.4 Å². The second-order valence-corrected chi connectivity index (χ2v) is 16.7. The molecule has 34 heavy (non-hydrogen) atoms. The summed E-state index contributed by atoms with van der Waals surface area (Å²) < 4.78 is 22.8. The van der Waals surface area contributed by atoms with Crippen molar-refractivity contribution in [2.75, 3.05) is 21.3 Å². The lowest BCUT2D eigenvalue weighted by atomic mass is 9.51. The summed E-state index contributed by atoms with van der Waals surface area (Å²) in [4.78, 5) is 41.1. The molecule has 0 aromatic heterocycles. The van der Waals surface area contributed by atoms with Crippen LogP contribution in [-0.2, 0) is 33.0 Å². The first-order valence-electron chi connectivity index (χ1n) is 12.4. The van der Waals surface area contributed by atoms with E-state index in [-0.39, 0.29) is 24.0 Å². The number of allylic oxidation sites excluding steroid dienone is 1. The van der Waals surface area contributed by atoms with Crippen molar-refractivity contribution in [3.05, 3.63) is 12.2 Å². The molecular formula is C26H40O7Si. The predicted molar refractivity (Wildman–Crippen MR) is 128 cm³/mol. The predicted octanol–water partition coefficient (Wildman–Crippen LogP) is 4.12. The lowest BCUT2D eigenvalue weighted by molar-refractivity contribution is -0.189. The first kappa shape index (κ1) is 25.4. The number of carbonyl (C=O) groups is 3. The Morgan fingerprint density at radius 2 is 1.59 bits per heavy atom. The molecule has 0 amide bonds. The van der Waals surface area contributed by atoms with Crippen molar-refractivity contribution >= 4 is 26.2 Å². The summed E-state index contributed by atoms with van der Waals surface area (Å²) in [5.74, 6) is -2.10. The van der Waals surface area contributed by atoms with Crippen LogP contribution in [0.5, 0.6) is 0 Å². The first-order valence-corrected chi connectivity index (χ1v) is 15.8. The minimum absolute atomic E-state index is 0.117. The van der Waals surface area contributed by atoms with Gasteiger partial charge >= 0.3 is 17.9 Å². The van der Waals surface area contributed by atoms with Gasteiger partial charge in [0.05, 0.1) is 38.1 Å². The fourth-order valence-corrected chi connectivity index (χ4v) is 10.0. The highest BCUT2D eigenvalue weighted by atomic mass is 28.4. The Kier molecular flexibility index (Phi) is 6.12. The summed E-state index contributed by atoms with van der Waals surface area (Å²) in [6, 6.07) is 0. The van der Waals surface area contributed by atoms with Crippen LogP contribution < -0.4 is 0 Å². The Bertz CT molecular complexity index is 909. The SMILES string of the molecule is C=C1C[C@]23C[C@H]1CCC2[C@]1(C(=O)OC)C[C@H](O[Si](C)(C)C)CC(C)(C(=O)OC)C1C3C(=O)OC. The van der Waals surface area contributed by atoms with Gasteiger partial charge in [0.15, 0.2) is 8.32 Å². The lowest BCUT2D eigenvalue weighted by Gasteiger charge is -2.53. The molecule has 2 bridgehead atoms. The monoisotopic (exact) mass is 492 g/mol. The number of rotatable bonds is 5. The summed E-state index contributed by atoms with van der Waals surface area (Å²) in [5.41, 5.74) is -1.47. The van der Waals surface area contributed by atoms with Gasteiger partial charge in [-0.25, -0.2) is 0 Å². The molecule has 0 heterocycles. The van der Waals surface area contributed by atoms with Crippen LogP contribution in [0.1, 0.15) is 45.4 Å². The third-order valence-electron chi connectivity index (χ3n) is 9.48. The van der Waals surface area contributed by atoms with E-state index in [9.17, 15) is 14.4 Å². The van der Waals surface area contributed by atoms with E-state index in [1.165, 1.54) is 21.3 Å². The number of methoxy groups -OCH3 is 3. The second-order valence-electron chi connectivity index (χ2n) is 12.3. The fraction of sp³-hybridized carbons (Fsp3) is 0.808. The summed E-state index contributed by atoms with van der Waals surface area (Å²) in [7, 11) is 2.17. The molecule has 8 heteroatoms. The van der Waals surface area contributed by atoms with Gasteiger partial charge in [0.25, 0.3) is 0 Å². The highest BCUT2D eigenvalue weighted by Crippen LogP contribution is 2.78. The van der Waals surface area contributed by atoms with Crippen molar-refractivity contribution in [1.29, 1.82) is 0 Å². The molecule has 0 aliphatic heterocycles. The molecule has 8 atom stereocenters. The van der Waals surface area contributed by atoms with Gasteiger partial charge < -0.3 is 18.6 Å². The molecular weight excluding hydrogens is 452 g/mol. The Hall–Kier alpha value is -1.67. The van der Waals surface area contributed by atoms with Crippen LogP contribution in [0.25, 0.3) is 0 Å². The number of carbonyl (C=O) groups excluding carboxylic acids is 3. The molecule has 0 saturated heterocycles. The lowest BCUT2D eigenvalue weighted by Crippen LogP contribution is -2.60. The topological polar surface area (TPSA) is 88.1 Å². The van der Waals surface area contributed by atoms with Crippen molar-refractivity contribution in [3.63, 3.8) is 0 Å². The Morgan fingerprint density at radius 3 is 2.15 bits per heavy atom. The van der Waals surface area contributed by atoms with Crippen LogP contribution in [0.2, 0.25) is 19.6 Å². The maximum atomic E-state index is 14.0. The number of hydrogen-bond donors (Lipinski definition) is 0. The number of ether oxygens (including phenoxy) is 3. The quantitative estimate of drug-likeness (QED) is 0.247. The summed E-state index contributed by atoms with van der Waals surface area (Å²) >= 11 is 0. The van der Waals surface area contributed by atoms with Gasteiger partial charge in [-0.15, -0.1) is 0 Å². The minimum Gasteiger partial charge on any atom is -0.469 e. The van der Waals surface area contributed by atoms with Crippen molar-refractivity contribution in [3.8, 4) is 0 Å². The maximum absolute atomic E-state index is 14.0. The first-order chi connectivity index (χ1) is 15.8. The fourth-order valence-electron chi connectivity index (χ4n) is 8.86. The Labute approximate surface area is 204 Å². The van der Waals surface area contributed by atoms with Gasteiger partial charge in [0, 0.05) is 12.0 Å². The molecule has 7 nitrogen and oxygen atoms in total. The van der Waals surface area contributed by atoms with Gasteiger partial charge in [0.1, 0.15) is 0 Å². The molecule has 4 aliphatic carbocycles. The van der Waals surface area contributed by atoms with Gasteiger partial charge in [-0.3, -0.25) is 14.4 Å². The summed E-state index contributed by atoms with van der Waals surface area (Å²) in [5, 5.41) is 0. The van der Waals surface area contributed by atoms with Crippen LogP contribution in [0.15, 0.2) is 12.2 Å². The van der Waals surface area contributed by atoms with E-state index in [2.05, 4.69) is 26.2 Å². The van der Waals surface area contributed by atoms with E-state index >= 15 is 0 Å². The summed E-state index contributed by atoms with van der Waals surface area (Å²) in [6.07, 6.45) is 3.73. The van der Waals surface area contributed by atoms with Gasteiger partial charge in [0.2, 0.25) is 0 Å². The van der Waals surface area contributed by atoms with E-state index in [1.54, 1.807) is 0 Å². The average Bonchev–Trinajstić information content (AvgIpc) is 3.18. The van der Waals surface area contributed by atoms with E-state index in [1.807, 2.05) is 6.92 Å². The maximum Gasteiger partial charge on any atom is 0.312 e. The molecule has 4 fully saturated rings. The van der Waals surface area contributed by atoms with Crippen molar-refractivity contribution < 1.29 is 33.0 Å². The molecule has 4 saturated carbocycles. The zero-order valence-electron chi connectivity index (χ0n) is 21.7. The van der Waals surface area contributed by atoms with Crippen molar-refractivity contribution in [1.82, 2.24) is 0 Å².